The van der Waals surface area contributed by atoms with Crippen LogP contribution in [0.25, 0.3) is 111 Å². The lowest BCUT2D eigenvalue weighted by Gasteiger charge is -2.13. The number of hydrogen-bond donors (Lipinski definition) is 0. The van der Waals surface area contributed by atoms with E-state index in [2.05, 4.69) is 142 Å². The maximum atomic E-state index is 5.20. The van der Waals surface area contributed by atoms with Crippen LogP contribution in [0.15, 0.2) is 194 Å². The standard InChI is InChI=1S/C52H32N6/c1-3-15-33(16-4-1)49-54-50(34-17-5-2-6-18-34)56-51(55-49)37-21-13-19-35(31-37)36-20-14-22-38(32-36)57-43-26-10-8-24-40(43)48-46(57)30-29-41-47(48)39-23-7-11-27-44(39)58-45-28-12-9-25-42(45)53-52(41)58/h1-32H. The van der Waals surface area contributed by atoms with Crippen molar-refractivity contribution in [2.75, 3.05) is 0 Å². The molecule has 6 heteroatoms. The molecule has 58 heavy (non-hydrogen) atoms. The molecule has 4 heterocycles. The highest BCUT2D eigenvalue weighted by Crippen LogP contribution is 2.42. The minimum atomic E-state index is 0.631. The molecule has 0 spiro atoms. The highest BCUT2D eigenvalue weighted by molar-refractivity contribution is 6.30. The summed E-state index contributed by atoms with van der Waals surface area (Å²) in [6.45, 7) is 0. The van der Waals surface area contributed by atoms with Crippen molar-refractivity contribution in [3.05, 3.63) is 194 Å². The summed E-state index contributed by atoms with van der Waals surface area (Å²) in [5.41, 5.74) is 12.6. The van der Waals surface area contributed by atoms with Gasteiger partial charge in [0.1, 0.15) is 5.65 Å². The largest absolute Gasteiger partial charge is 0.309 e. The van der Waals surface area contributed by atoms with Crippen molar-refractivity contribution in [2.45, 2.75) is 0 Å². The fraction of sp³-hybridized carbons (Fsp3) is 0. The van der Waals surface area contributed by atoms with Crippen LogP contribution < -0.4 is 0 Å². The Morgan fingerprint density at radius 3 is 1.57 bits per heavy atom. The molecular weight excluding hydrogens is 709 g/mol. The molecule has 0 aliphatic heterocycles. The molecule has 270 valence electrons. The number of pyridine rings is 1. The molecular formula is C52H32N6. The van der Waals surface area contributed by atoms with E-state index < -0.39 is 0 Å². The van der Waals surface area contributed by atoms with Crippen LogP contribution in [0.5, 0.6) is 0 Å². The first-order chi connectivity index (χ1) is 28.8. The maximum Gasteiger partial charge on any atom is 0.164 e. The third-order valence-electron chi connectivity index (χ3n) is 11.3. The first kappa shape index (κ1) is 32.3. The average Bonchev–Trinajstić information content (AvgIpc) is 3.86. The second-order valence-corrected chi connectivity index (χ2v) is 14.7. The molecule has 6 nitrogen and oxygen atoms in total. The molecule has 0 aliphatic rings. The number of fused-ring (bicyclic) bond motifs is 12. The Balaban J connectivity index is 1.04. The van der Waals surface area contributed by atoms with E-state index in [-0.39, 0.29) is 0 Å². The summed E-state index contributed by atoms with van der Waals surface area (Å²) < 4.78 is 4.72. The number of para-hydroxylation sites is 4. The predicted octanol–water partition coefficient (Wildman–Crippen LogP) is 12.7. The highest BCUT2D eigenvalue weighted by Gasteiger charge is 2.21. The lowest BCUT2D eigenvalue weighted by molar-refractivity contribution is 1.07. The van der Waals surface area contributed by atoms with Gasteiger partial charge in [-0.25, -0.2) is 19.9 Å². The molecule has 0 fully saturated rings. The first-order valence-electron chi connectivity index (χ1n) is 19.5. The molecule has 0 saturated heterocycles. The van der Waals surface area contributed by atoms with Crippen LogP contribution in [0.1, 0.15) is 0 Å². The fourth-order valence-corrected chi connectivity index (χ4v) is 8.74. The maximum absolute atomic E-state index is 5.20. The van der Waals surface area contributed by atoms with Gasteiger partial charge in [0.05, 0.1) is 27.6 Å². The molecule has 12 rings (SSSR count). The Labute approximate surface area is 333 Å². The van der Waals surface area contributed by atoms with Crippen LogP contribution >= 0.6 is 0 Å². The van der Waals surface area contributed by atoms with Gasteiger partial charge in [-0.2, -0.15) is 0 Å². The van der Waals surface area contributed by atoms with Crippen molar-refractivity contribution in [3.63, 3.8) is 0 Å². The normalized spacial score (nSPS) is 11.8. The summed E-state index contributed by atoms with van der Waals surface area (Å²) >= 11 is 0. The third kappa shape index (κ3) is 4.98. The first-order valence-corrected chi connectivity index (χ1v) is 19.5. The molecule has 0 unspecified atom stereocenters. The summed E-state index contributed by atoms with van der Waals surface area (Å²) in [5, 5.41) is 6.00. The van der Waals surface area contributed by atoms with E-state index in [1.54, 1.807) is 0 Å². The average molecular weight is 741 g/mol. The third-order valence-corrected chi connectivity index (χ3v) is 11.3. The van der Waals surface area contributed by atoms with Crippen molar-refractivity contribution < 1.29 is 0 Å². The van der Waals surface area contributed by atoms with E-state index >= 15 is 0 Å². The number of nitrogens with zero attached hydrogens (tertiary/aromatic N) is 6. The van der Waals surface area contributed by atoms with Crippen LogP contribution in [0.4, 0.5) is 0 Å². The van der Waals surface area contributed by atoms with E-state index in [1.165, 1.54) is 21.5 Å². The van der Waals surface area contributed by atoms with Crippen molar-refractivity contribution >= 4 is 60.2 Å². The highest BCUT2D eigenvalue weighted by atomic mass is 15.0. The lowest BCUT2D eigenvalue weighted by Crippen LogP contribution is -2.00. The Bertz CT molecular complexity index is 3510. The van der Waals surface area contributed by atoms with E-state index in [9.17, 15) is 0 Å². The number of rotatable bonds is 5. The zero-order chi connectivity index (χ0) is 38.2. The summed E-state index contributed by atoms with van der Waals surface area (Å²) in [6.07, 6.45) is 0. The lowest BCUT2D eigenvalue weighted by atomic mass is 10.00. The second kappa shape index (κ2) is 12.8. The van der Waals surface area contributed by atoms with E-state index in [4.69, 9.17) is 19.9 Å². The molecule has 0 radical (unpaired) electrons. The minimum Gasteiger partial charge on any atom is -0.309 e. The SMILES string of the molecule is c1ccc(-c2nc(-c3ccccc3)nc(-c3cccc(-c4cccc(-n5c6ccccc6c6c7c8ccccc8n8c9ccccc9nc8c7ccc65)c4)c3)n2)cc1. The Kier molecular flexibility index (Phi) is 7.13. The van der Waals surface area contributed by atoms with Crippen LogP contribution in [0, 0.1) is 0 Å². The zero-order valence-corrected chi connectivity index (χ0v) is 31.2. The van der Waals surface area contributed by atoms with Crippen molar-refractivity contribution in [3.8, 4) is 51.0 Å². The van der Waals surface area contributed by atoms with Gasteiger partial charge in [-0.1, -0.05) is 140 Å². The van der Waals surface area contributed by atoms with Crippen LogP contribution in [-0.2, 0) is 0 Å². The molecule has 0 aliphatic carbocycles. The van der Waals surface area contributed by atoms with Gasteiger partial charge < -0.3 is 4.57 Å². The van der Waals surface area contributed by atoms with Crippen LogP contribution in [0.2, 0.25) is 0 Å². The Morgan fingerprint density at radius 1 is 0.310 bits per heavy atom. The van der Waals surface area contributed by atoms with Gasteiger partial charge in [-0.15, -0.1) is 0 Å². The summed E-state index contributed by atoms with van der Waals surface area (Å²) in [6, 6.07) is 68.0. The minimum absolute atomic E-state index is 0.631. The van der Waals surface area contributed by atoms with Crippen molar-refractivity contribution in [1.82, 2.24) is 28.9 Å². The molecule has 0 bridgehead atoms. The smallest absolute Gasteiger partial charge is 0.164 e. The van der Waals surface area contributed by atoms with E-state index in [0.29, 0.717) is 17.5 Å². The van der Waals surface area contributed by atoms with Gasteiger partial charge in [0, 0.05) is 49.3 Å². The molecule has 8 aromatic carbocycles. The molecule has 0 amide bonds. The zero-order valence-electron chi connectivity index (χ0n) is 31.2. The number of aromatic nitrogens is 6. The molecule has 0 N–H and O–H groups in total. The molecule has 4 aromatic heterocycles. The number of imidazole rings is 1. The second-order valence-electron chi connectivity index (χ2n) is 14.7. The fourth-order valence-electron chi connectivity index (χ4n) is 8.74. The van der Waals surface area contributed by atoms with Crippen molar-refractivity contribution in [1.29, 1.82) is 0 Å². The quantitative estimate of drug-likeness (QED) is 0.165. The summed E-state index contributed by atoms with van der Waals surface area (Å²) in [5.74, 6) is 1.92. The van der Waals surface area contributed by atoms with Crippen LogP contribution in [0.3, 0.4) is 0 Å². The summed E-state index contributed by atoms with van der Waals surface area (Å²) in [4.78, 5) is 20.1. The van der Waals surface area contributed by atoms with Gasteiger partial charge in [0.15, 0.2) is 17.5 Å². The van der Waals surface area contributed by atoms with Gasteiger partial charge >= 0.3 is 0 Å². The molecule has 0 saturated carbocycles. The Morgan fingerprint density at radius 2 is 0.845 bits per heavy atom. The monoisotopic (exact) mass is 740 g/mol. The topological polar surface area (TPSA) is 60.9 Å². The summed E-state index contributed by atoms with van der Waals surface area (Å²) in [7, 11) is 0. The van der Waals surface area contributed by atoms with Gasteiger partial charge in [0.25, 0.3) is 0 Å². The van der Waals surface area contributed by atoms with E-state index in [0.717, 1.165) is 72.1 Å². The predicted molar refractivity (Wildman–Crippen MR) is 237 cm³/mol. The molecule has 0 atom stereocenters. The Hall–Kier alpha value is -7.96. The van der Waals surface area contributed by atoms with E-state index in [1.807, 2.05) is 60.7 Å². The molecule has 12 aromatic rings. The number of hydrogen-bond acceptors (Lipinski definition) is 4. The van der Waals surface area contributed by atoms with Gasteiger partial charge in [-0.3, -0.25) is 4.40 Å². The van der Waals surface area contributed by atoms with Crippen LogP contribution in [-0.4, -0.2) is 28.9 Å². The van der Waals surface area contributed by atoms with Gasteiger partial charge in [0.2, 0.25) is 0 Å². The number of benzene rings is 8. The van der Waals surface area contributed by atoms with Crippen molar-refractivity contribution in [2.24, 2.45) is 0 Å². The van der Waals surface area contributed by atoms with Gasteiger partial charge in [-0.05, 0) is 65.7 Å².